The highest BCUT2D eigenvalue weighted by Crippen LogP contribution is 2.34. The molecule has 0 saturated heterocycles. The van der Waals surface area contributed by atoms with Crippen molar-refractivity contribution in [2.75, 3.05) is 0 Å². The zero-order chi connectivity index (χ0) is 23.6. The summed E-state index contributed by atoms with van der Waals surface area (Å²) in [6, 6.07) is 5.53. The number of rotatable bonds is 8. The minimum Gasteiger partial charge on any atom is -0.460 e. The molecule has 2 aliphatic carbocycles. The zero-order valence-electron chi connectivity index (χ0n) is 19.6. The number of benzene rings is 1. The fraction of sp³-hybridized carbons (Fsp3) is 0.481. The van der Waals surface area contributed by atoms with Crippen LogP contribution in [0.1, 0.15) is 87.0 Å². The van der Waals surface area contributed by atoms with Crippen LogP contribution in [-0.2, 0) is 16.0 Å². The molecule has 2 aliphatic rings. The van der Waals surface area contributed by atoms with E-state index in [1.807, 2.05) is 45.0 Å². The normalized spacial score (nSPS) is 18.3. The van der Waals surface area contributed by atoms with Crippen LogP contribution < -0.4 is 0 Å². The van der Waals surface area contributed by atoms with E-state index in [1.165, 1.54) is 6.08 Å². The second-order valence-electron chi connectivity index (χ2n) is 9.98. The van der Waals surface area contributed by atoms with Gasteiger partial charge in [0.15, 0.2) is 5.78 Å². The van der Waals surface area contributed by atoms with Gasteiger partial charge in [-0.15, -0.1) is 0 Å². The first-order valence-electron chi connectivity index (χ1n) is 11.8. The number of carbonyl (C=O) groups excluding carboxylic acids is 2. The largest absolute Gasteiger partial charge is 0.460 e. The van der Waals surface area contributed by atoms with Gasteiger partial charge in [0.05, 0.1) is 22.4 Å². The minimum absolute atomic E-state index is 0.0463. The fourth-order valence-electron chi connectivity index (χ4n) is 4.07. The van der Waals surface area contributed by atoms with Crippen LogP contribution in [0.5, 0.6) is 0 Å². The van der Waals surface area contributed by atoms with Gasteiger partial charge in [-0.25, -0.2) is 14.4 Å². The molecule has 33 heavy (non-hydrogen) atoms. The van der Waals surface area contributed by atoms with Gasteiger partial charge in [-0.05, 0) is 89.6 Å². The minimum atomic E-state index is -0.486. The summed E-state index contributed by atoms with van der Waals surface area (Å²) in [5.74, 6) is -0.155. The van der Waals surface area contributed by atoms with Gasteiger partial charge in [-0.2, -0.15) is 0 Å². The van der Waals surface area contributed by atoms with Gasteiger partial charge in [-0.3, -0.25) is 9.59 Å². The highest BCUT2D eigenvalue weighted by molar-refractivity contribution is 6.01. The van der Waals surface area contributed by atoms with E-state index in [0.29, 0.717) is 36.8 Å². The Hall–Kier alpha value is -2.89. The Morgan fingerprint density at radius 3 is 2.58 bits per heavy atom. The predicted octanol–water partition coefficient (Wildman–Crippen LogP) is 6.17. The molecule has 2 aromatic rings. The lowest BCUT2D eigenvalue weighted by atomic mass is 9.93. The molecule has 0 aliphatic heterocycles. The summed E-state index contributed by atoms with van der Waals surface area (Å²) < 4.78 is 18.9. The maximum atomic E-state index is 13.5. The Balaban J connectivity index is 1.54. The maximum Gasteiger partial charge on any atom is 0.306 e. The second kappa shape index (κ2) is 9.54. The number of hydrogen-bond acceptors (Lipinski definition) is 5. The van der Waals surface area contributed by atoms with Crippen LogP contribution in [0.2, 0.25) is 0 Å². The van der Waals surface area contributed by atoms with Crippen molar-refractivity contribution in [3.63, 3.8) is 0 Å². The maximum absolute atomic E-state index is 13.5. The topological polar surface area (TPSA) is 69.2 Å². The first kappa shape index (κ1) is 23.3. The van der Waals surface area contributed by atoms with Gasteiger partial charge in [0.25, 0.3) is 0 Å². The van der Waals surface area contributed by atoms with Crippen LogP contribution in [0.25, 0.3) is 11.0 Å². The van der Waals surface area contributed by atoms with E-state index in [-0.39, 0.29) is 29.4 Å². The molecule has 0 radical (unpaired) electrons. The SMILES string of the molecule is CC(C)(C)OC(=O)CCCCc1nc2cc(C(=O)C3CC3)ccc2nc1C1C=CC(F)=CC1. The molecule has 174 valence electrons. The van der Waals surface area contributed by atoms with Crippen molar-refractivity contribution in [2.45, 2.75) is 77.2 Å². The monoisotopic (exact) mass is 450 g/mol. The molecular weight excluding hydrogens is 419 g/mol. The molecular formula is C27H31FN2O3. The van der Waals surface area contributed by atoms with Gasteiger partial charge < -0.3 is 4.74 Å². The summed E-state index contributed by atoms with van der Waals surface area (Å²) in [5.41, 5.74) is 3.31. The third-order valence-electron chi connectivity index (χ3n) is 5.87. The van der Waals surface area contributed by atoms with Crippen molar-refractivity contribution in [2.24, 2.45) is 5.92 Å². The summed E-state index contributed by atoms with van der Waals surface area (Å²) in [7, 11) is 0. The van der Waals surface area contributed by atoms with Crippen LogP contribution in [-0.4, -0.2) is 27.3 Å². The van der Waals surface area contributed by atoms with E-state index in [1.54, 1.807) is 6.08 Å². The molecule has 0 amide bonds. The van der Waals surface area contributed by atoms with E-state index < -0.39 is 5.60 Å². The van der Waals surface area contributed by atoms with Gasteiger partial charge in [0.1, 0.15) is 11.4 Å². The second-order valence-corrected chi connectivity index (χ2v) is 9.98. The van der Waals surface area contributed by atoms with Gasteiger partial charge in [-0.1, -0.05) is 6.08 Å². The first-order valence-corrected chi connectivity index (χ1v) is 11.8. The van der Waals surface area contributed by atoms with Crippen LogP contribution in [0, 0.1) is 5.92 Å². The molecule has 1 heterocycles. The number of esters is 1. The number of carbonyl (C=O) groups is 2. The molecule has 1 aromatic heterocycles. The molecule has 0 N–H and O–H groups in total. The zero-order valence-corrected chi connectivity index (χ0v) is 19.6. The van der Waals surface area contributed by atoms with Gasteiger partial charge >= 0.3 is 5.97 Å². The third-order valence-corrected chi connectivity index (χ3v) is 5.87. The Bertz CT molecular complexity index is 1130. The highest BCUT2D eigenvalue weighted by Gasteiger charge is 2.30. The number of aromatic nitrogens is 2. The third kappa shape index (κ3) is 6.12. The van der Waals surface area contributed by atoms with Gasteiger partial charge in [0, 0.05) is 23.8 Å². The van der Waals surface area contributed by atoms with E-state index in [9.17, 15) is 14.0 Å². The van der Waals surface area contributed by atoms with Gasteiger partial charge in [0.2, 0.25) is 0 Å². The lowest BCUT2D eigenvalue weighted by Gasteiger charge is -2.19. The lowest BCUT2D eigenvalue weighted by Crippen LogP contribution is -2.23. The first-order chi connectivity index (χ1) is 15.7. The number of Topliss-reactive ketones (excluding diaryl/α,β-unsaturated/α-hetero) is 1. The standard InChI is InChI=1S/C27H31FN2O3/c1-27(2,3)33-24(31)7-5-4-6-22-25(17-10-13-20(28)14-11-17)30-21-15-12-19(16-23(21)29-22)26(32)18-8-9-18/h10,12-18H,4-9,11H2,1-3H3. The summed E-state index contributed by atoms with van der Waals surface area (Å²) in [6.45, 7) is 5.58. The van der Waals surface area contributed by atoms with Crippen molar-refractivity contribution in [3.8, 4) is 0 Å². The number of nitrogens with zero attached hydrogens (tertiary/aromatic N) is 2. The number of ketones is 1. The number of ether oxygens (including phenoxy) is 1. The summed E-state index contributed by atoms with van der Waals surface area (Å²) in [4.78, 5) is 34.3. The number of aryl methyl sites for hydroxylation is 1. The van der Waals surface area contributed by atoms with Crippen LogP contribution in [0.4, 0.5) is 4.39 Å². The van der Waals surface area contributed by atoms with Crippen molar-refractivity contribution < 1.29 is 18.7 Å². The van der Waals surface area contributed by atoms with Crippen molar-refractivity contribution in [3.05, 3.63) is 59.2 Å². The van der Waals surface area contributed by atoms with E-state index in [0.717, 1.165) is 36.2 Å². The molecule has 1 aromatic carbocycles. The number of fused-ring (bicyclic) bond motifs is 1. The smallest absolute Gasteiger partial charge is 0.306 e. The molecule has 1 atom stereocenters. The van der Waals surface area contributed by atoms with Crippen LogP contribution in [0.15, 0.2) is 42.3 Å². The molecule has 0 bridgehead atoms. The average molecular weight is 451 g/mol. The Kier molecular flexibility index (Phi) is 6.73. The molecule has 6 heteroatoms. The molecule has 1 unspecified atom stereocenters. The Morgan fingerprint density at radius 2 is 1.91 bits per heavy atom. The number of allylic oxidation sites excluding steroid dienone is 4. The van der Waals surface area contributed by atoms with Crippen LogP contribution >= 0.6 is 0 Å². The molecule has 0 spiro atoms. The Labute approximate surface area is 194 Å². The summed E-state index contributed by atoms with van der Waals surface area (Å²) in [5, 5.41) is 0. The summed E-state index contributed by atoms with van der Waals surface area (Å²) in [6.07, 6.45) is 9.78. The number of unbranched alkanes of at least 4 members (excludes halogenated alkanes) is 1. The fourth-order valence-corrected chi connectivity index (χ4v) is 4.07. The molecule has 4 rings (SSSR count). The van der Waals surface area contributed by atoms with Crippen molar-refractivity contribution in [1.82, 2.24) is 9.97 Å². The van der Waals surface area contributed by atoms with Crippen LogP contribution in [0.3, 0.4) is 0 Å². The molecule has 5 nitrogen and oxygen atoms in total. The number of hydrogen-bond donors (Lipinski definition) is 0. The number of halogens is 1. The van der Waals surface area contributed by atoms with E-state index >= 15 is 0 Å². The predicted molar refractivity (Wildman–Crippen MR) is 126 cm³/mol. The van der Waals surface area contributed by atoms with E-state index in [4.69, 9.17) is 14.7 Å². The quantitative estimate of drug-likeness (QED) is 0.273. The highest BCUT2D eigenvalue weighted by atomic mass is 19.1. The molecule has 1 saturated carbocycles. The summed E-state index contributed by atoms with van der Waals surface area (Å²) >= 11 is 0. The molecule has 1 fully saturated rings. The van der Waals surface area contributed by atoms with Crippen molar-refractivity contribution >= 4 is 22.8 Å². The average Bonchev–Trinajstić information content (AvgIpc) is 3.60. The van der Waals surface area contributed by atoms with Crippen molar-refractivity contribution in [1.29, 1.82) is 0 Å². The Morgan fingerprint density at radius 1 is 1.12 bits per heavy atom. The lowest BCUT2D eigenvalue weighted by molar-refractivity contribution is -0.154. The van der Waals surface area contributed by atoms with E-state index in [2.05, 4.69) is 0 Å².